The van der Waals surface area contributed by atoms with E-state index < -0.39 is 11.9 Å². The first-order valence-electron chi connectivity index (χ1n) is 9.39. The first-order chi connectivity index (χ1) is 13.8. The highest BCUT2D eigenvalue weighted by Crippen LogP contribution is 2.32. The number of pyridine rings is 1. The van der Waals surface area contributed by atoms with Gasteiger partial charge in [0.1, 0.15) is 11.5 Å². The Kier molecular flexibility index (Phi) is 5.02. The predicted molar refractivity (Wildman–Crippen MR) is 99.8 cm³/mol. The Labute approximate surface area is 164 Å². The molecular formula is C21H19F4N3O. The summed E-state index contributed by atoms with van der Waals surface area (Å²) in [5, 5.41) is 0. The van der Waals surface area contributed by atoms with Gasteiger partial charge in [0.05, 0.1) is 17.5 Å². The van der Waals surface area contributed by atoms with E-state index in [4.69, 9.17) is 0 Å². The summed E-state index contributed by atoms with van der Waals surface area (Å²) in [4.78, 5) is 21.3. The largest absolute Gasteiger partial charge is 0.433 e. The number of H-pyrrole nitrogens is 1. The molecule has 1 aromatic carbocycles. The second-order valence-electron chi connectivity index (χ2n) is 7.33. The first-order valence-corrected chi connectivity index (χ1v) is 9.39. The Morgan fingerprint density at radius 1 is 1.17 bits per heavy atom. The summed E-state index contributed by atoms with van der Waals surface area (Å²) in [6.45, 7) is 1.12. The molecule has 3 aromatic rings. The van der Waals surface area contributed by atoms with Gasteiger partial charge in [0, 0.05) is 24.7 Å². The van der Waals surface area contributed by atoms with Crippen molar-refractivity contribution in [2.45, 2.75) is 31.4 Å². The molecular weight excluding hydrogens is 386 g/mol. The molecule has 2 aromatic heterocycles. The van der Waals surface area contributed by atoms with Gasteiger partial charge in [-0.3, -0.25) is 4.79 Å². The van der Waals surface area contributed by atoms with Gasteiger partial charge in [0.25, 0.3) is 0 Å². The summed E-state index contributed by atoms with van der Waals surface area (Å²) in [5.74, 6) is -0.389. The van der Waals surface area contributed by atoms with Crippen molar-refractivity contribution in [2.24, 2.45) is 0 Å². The number of hydrogen-bond acceptors (Lipinski definition) is 2. The number of rotatable bonds is 3. The molecule has 1 fully saturated rings. The highest BCUT2D eigenvalue weighted by atomic mass is 19.4. The molecule has 0 radical (unpaired) electrons. The van der Waals surface area contributed by atoms with Gasteiger partial charge in [-0.25, -0.2) is 9.37 Å². The molecule has 1 atom stereocenters. The SMILES string of the molecule is O=C(Cc1ccc(F)cc1)N1CCC[C@H](c2cc3nc(C(F)(F)F)ccc3[nH]2)C1. The van der Waals surface area contributed by atoms with Crippen molar-refractivity contribution in [3.8, 4) is 0 Å². The van der Waals surface area contributed by atoms with Crippen molar-refractivity contribution < 1.29 is 22.4 Å². The fraction of sp³-hybridized carbons (Fsp3) is 0.333. The molecule has 29 heavy (non-hydrogen) atoms. The lowest BCUT2D eigenvalue weighted by Gasteiger charge is -2.32. The molecule has 0 bridgehead atoms. The van der Waals surface area contributed by atoms with Crippen LogP contribution < -0.4 is 0 Å². The number of carbonyl (C=O) groups excluding carboxylic acids is 1. The predicted octanol–water partition coefficient (Wildman–Crippen LogP) is 4.67. The molecule has 152 valence electrons. The van der Waals surface area contributed by atoms with Crippen LogP contribution in [0.3, 0.4) is 0 Å². The number of amides is 1. The van der Waals surface area contributed by atoms with Crippen LogP contribution in [0.4, 0.5) is 17.6 Å². The quantitative estimate of drug-likeness (QED) is 0.644. The molecule has 4 rings (SSSR count). The Balaban J connectivity index is 1.49. The second kappa shape index (κ2) is 7.50. The number of alkyl halides is 3. The number of nitrogens with one attached hydrogen (secondary N) is 1. The van der Waals surface area contributed by atoms with Crippen LogP contribution in [-0.4, -0.2) is 33.9 Å². The standard InChI is InChI=1S/C21H19F4N3O/c22-15-5-3-13(4-6-15)10-20(29)28-9-1-2-14(12-28)17-11-18-16(26-17)7-8-19(27-18)21(23,24)25/h3-8,11,14,26H,1-2,9-10,12H2/t14-/m0/s1. The lowest BCUT2D eigenvalue weighted by atomic mass is 9.94. The molecule has 0 saturated carbocycles. The van der Waals surface area contributed by atoms with E-state index in [0.29, 0.717) is 18.6 Å². The van der Waals surface area contributed by atoms with Crippen LogP contribution in [0.25, 0.3) is 11.0 Å². The van der Waals surface area contributed by atoms with Crippen molar-refractivity contribution in [2.75, 3.05) is 13.1 Å². The smallest absolute Gasteiger partial charge is 0.357 e. The van der Waals surface area contributed by atoms with Crippen molar-refractivity contribution in [3.63, 3.8) is 0 Å². The van der Waals surface area contributed by atoms with E-state index in [1.807, 2.05) is 0 Å². The average molecular weight is 405 g/mol. The van der Waals surface area contributed by atoms with E-state index in [9.17, 15) is 22.4 Å². The molecule has 1 aliphatic heterocycles. The number of hydrogen-bond donors (Lipinski definition) is 1. The number of nitrogens with zero attached hydrogens (tertiary/aromatic N) is 2. The molecule has 1 aliphatic rings. The third kappa shape index (κ3) is 4.26. The van der Waals surface area contributed by atoms with Crippen LogP contribution in [-0.2, 0) is 17.4 Å². The number of aromatic nitrogens is 2. The monoisotopic (exact) mass is 405 g/mol. The van der Waals surface area contributed by atoms with E-state index >= 15 is 0 Å². The normalized spacial score (nSPS) is 17.7. The minimum Gasteiger partial charge on any atom is -0.357 e. The summed E-state index contributed by atoms with van der Waals surface area (Å²) in [6, 6.07) is 9.83. The topological polar surface area (TPSA) is 49.0 Å². The minimum absolute atomic E-state index is 0.00412. The van der Waals surface area contributed by atoms with Gasteiger partial charge >= 0.3 is 6.18 Å². The highest BCUT2D eigenvalue weighted by Gasteiger charge is 2.33. The number of halogens is 4. The van der Waals surface area contributed by atoms with Crippen LogP contribution in [0.2, 0.25) is 0 Å². The maximum atomic E-state index is 13.0. The van der Waals surface area contributed by atoms with Crippen molar-refractivity contribution in [1.82, 2.24) is 14.9 Å². The molecule has 8 heteroatoms. The van der Waals surface area contributed by atoms with Crippen LogP contribution >= 0.6 is 0 Å². The summed E-state index contributed by atoms with van der Waals surface area (Å²) in [5.41, 5.74) is 1.42. The van der Waals surface area contributed by atoms with Crippen molar-refractivity contribution in [3.05, 3.63) is 65.2 Å². The zero-order valence-corrected chi connectivity index (χ0v) is 15.5. The fourth-order valence-electron chi connectivity index (χ4n) is 3.75. The first kappa shape index (κ1) is 19.4. The van der Waals surface area contributed by atoms with Crippen LogP contribution in [0, 0.1) is 5.82 Å². The average Bonchev–Trinajstić information content (AvgIpc) is 3.12. The zero-order valence-electron chi connectivity index (χ0n) is 15.5. The van der Waals surface area contributed by atoms with E-state index in [1.165, 1.54) is 18.2 Å². The lowest BCUT2D eigenvalue weighted by molar-refractivity contribution is -0.141. The lowest BCUT2D eigenvalue weighted by Crippen LogP contribution is -2.40. The van der Waals surface area contributed by atoms with Gasteiger partial charge in [0.2, 0.25) is 5.91 Å². The molecule has 1 N–H and O–H groups in total. The van der Waals surface area contributed by atoms with Crippen molar-refractivity contribution in [1.29, 1.82) is 0 Å². The van der Waals surface area contributed by atoms with Gasteiger partial charge in [-0.05, 0) is 48.7 Å². The van der Waals surface area contributed by atoms with Crippen LogP contribution in [0.15, 0.2) is 42.5 Å². The van der Waals surface area contributed by atoms with Gasteiger partial charge in [-0.2, -0.15) is 13.2 Å². The number of piperidine rings is 1. The Hall–Kier alpha value is -2.90. The van der Waals surface area contributed by atoms with Crippen molar-refractivity contribution >= 4 is 16.9 Å². The highest BCUT2D eigenvalue weighted by molar-refractivity contribution is 5.79. The number of benzene rings is 1. The Morgan fingerprint density at radius 2 is 1.93 bits per heavy atom. The third-order valence-corrected chi connectivity index (χ3v) is 5.27. The molecule has 3 heterocycles. The molecule has 4 nitrogen and oxygen atoms in total. The van der Waals surface area contributed by atoms with Gasteiger partial charge in [-0.1, -0.05) is 12.1 Å². The van der Waals surface area contributed by atoms with Crippen LogP contribution in [0.5, 0.6) is 0 Å². The number of likely N-dealkylation sites (tertiary alicyclic amines) is 1. The number of carbonyl (C=O) groups is 1. The van der Waals surface area contributed by atoms with E-state index in [2.05, 4.69) is 9.97 Å². The van der Waals surface area contributed by atoms with E-state index in [1.54, 1.807) is 23.1 Å². The van der Waals surface area contributed by atoms with E-state index in [0.717, 1.165) is 30.2 Å². The summed E-state index contributed by atoms with van der Waals surface area (Å²) in [6.07, 6.45) is -2.66. The summed E-state index contributed by atoms with van der Waals surface area (Å²) < 4.78 is 51.7. The Morgan fingerprint density at radius 3 is 2.66 bits per heavy atom. The molecule has 1 saturated heterocycles. The zero-order chi connectivity index (χ0) is 20.6. The van der Waals surface area contributed by atoms with Gasteiger partial charge < -0.3 is 9.88 Å². The molecule has 0 aliphatic carbocycles. The second-order valence-corrected chi connectivity index (χ2v) is 7.33. The van der Waals surface area contributed by atoms with Gasteiger partial charge in [0.15, 0.2) is 0 Å². The fourth-order valence-corrected chi connectivity index (χ4v) is 3.75. The summed E-state index contributed by atoms with van der Waals surface area (Å²) >= 11 is 0. The van der Waals surface area contributed by atoms with Crippen LogP contribution in [0.1, 0.15) is 35.7 Å². The number of aromatic amines is 1. The molecule has 1 amide bonds. The maximum absolute atomic E-state index is 13.0. The number of fused-ring (bicyclic) bond motifs is 1. The third-order valence-electron chi connectivity index (χ3n) is 5.27. The molecule has 0 unspecified atom stereocenters. The van der Waals surface area contributed by atoms with E-state index in [-0.39, 0.29) is 29.6 Å². The molecule has 0 spiro atoms. The summed E-state index contributed by atoms with van der Waals surface area (Å²) in [7, 11) is 0. The minimum atomic E-state index is -4.49. The van der Waals surface area contributed by atoms with Gasteiger partial charge in [-0.15, -0.1) is 0 Å². The Bertz CT molecular complexity index is 1030. The maximum Gasteiger partial charge on any atom is 0.433 e.